The third kappa shape index (κ3) is 4.68. The molecular formula is C29H22ClNO4. The molecule has 174 valence electrons. The lowest BCUT2D eigenvalue weighted by Crippen LogP contribution is -2.10. The quantitative estimate of drug-likeness (QED) is 0.302. The molecule has 0 saturated heterocycles. The SMILES string of the molecule is COC(=O)c1ccc(COC(=O)c2c3c(nc4ccccc24)C(=Cc2ccc(Cl)cc2)CC3)cc1. The van der Waals surface area contributed by atoms with E-state index in [-0.39, 0.29) is 12.6 Å². The van der Waals surface area contributed by atoms with Crippen LogP contribution in [0, 0.1) is 0 Å². The van der Waals surface area contributed by atoms with Gasteiger partial charge in [-0.3, -0.25) is 0 Å². The molecule has 0 N–H and O–H groups in total. The van der Waals surface area contributed by atoms with Gasteiger partial charge in [-0.2, -0.15) is 0 Å². The fourth-order valence-corrected chi connectivity index (χ4v) is 4.47. The highest BCUT2D eigenvalue weighted by molar-refractivity contribution is 6.30. The molecule has 3 aromatic carbocycles. The van der Waals surface area contributed by atoms with Crippen LogP contribution < -0.4 is 0 Å². The first-order valence-electron chi connectivity index (χ1n) is 11.3. The molecule has 1 aromatic heterocycles. The second-order valence-electron chi connectivity index (χ2n) is 8.32. The standard InChI is InChI=1S/C29H22ClNO4/c1-34-28(32)20-10-6-19(7-11-20)17-35-29(33)26-23-4-2-3-5-25(23)31-27-21(12-15-24(26)27)16-18-8-13-22(30)14-9-18/h2-11,13-14,16H,12,15,17H2,1H3. The third-order valence-electron chi connectivity index (χ3n) is 6.10. The van der Waals surface area contributed by atoms with Gasteiger partial charge in [0.2, 0.25) is 0 Å². The van der Waals surface area contributed by atoms with Crippen molar-refractivity contribution in [2.24, 2.45) is 0 Å². The summed E-state index contributed by atoms with van der Waals surface area (Å²) in [6.07, 6.45) is 3.60. The summed E-state index contributed by atoms with van der Waals surface area (Å²) in [4.78, 5) is 29.9. The van der Waals surface area contributed by atoms with Crippen LogP contribution in [0.25, 0.3) is 22.6 Å². The van der Waals surface area contributed by atoms with Crippen molar-refractivity contribution in [1.82, 2.24) is 4.98 Å². The van der Waals surface area contributed by atoms with Gasteiger partial charge in [0.25, 0.3) is 0 Å². The van der Waals surface area contributed by atoms with Gasteiger partial charge in [0, 0.05) is 10.4 Å². The zero-order chi connectivity index (χ0) is 24.4. The topological polar surface area (TPSA) is 65.5 Å². The molecule has 0 saturated carbocycles. The smallest absolute Gasteiger partial charge is 0.339 e. The molecule has 0 amide bonds. The van der Waals surface area contributed by atoms with Gasteiger partial charge in [0.15, 0.2) is 0 Å². The molecule has 1 aliphatic carbocycles. The first-order valence-corrected chi connectivity index (χ1v) is 11.6. The lowest BCUT2D eigenvalue weighted by molar-refractivity contribution is 0.0472. The number of allylic oxidation sites excluding steroid dienone is 1. The Kier molecular flexibility index (Phi) is 6.34. The lowest BCUT2D eigenvalue weighted by atomic mass is 10.0. The number of methoxy groups -OCH3 is 1. The average Bonchev–Trinajstić information content (AvgIpc) is 3.28. The van der Waals surface area contributed by atoms with Crippen LogP contribution in [0.1, 0.15) is 49.5 Å². The highest BCUT2D eigenvalue weighted by Gasteiger charge is 2.27. The van der Waals surface area contributed by atoms with E-state index in [4.69, 9.17) is 26.1 Å². The van der Waals surface area contributed by atoms with E-state index < -0.39 is 5.97 Å². The Morgan fingerprint density at radius 1 is 0.943 bits per heavy atom. The molecule has 1 heterocycles. The van der Waals surface area contributed by atoms with E-state index in [1.807, 2.05) is 48.5 Å². The number of hydrogen-bond donors (Lipinski definition) is 0. The summed E-state index contributed by atoms with van der Waals surface area (Å²) in [7, 11) is 1.34. The van der Waals surface area contributed by atoms with Gasteiger partial charge in [0.1, 0.15) is 6.61 Å². The van der Waals surface area contributed by atoms with Crippen LogP contribution >= 0.6 is 11.6 Å². The predicted molar refractivity (Wildman–Crippen MR) is 136 cm³/mol. The number of hydrogen-bond acceptors (Lipinski definition) is 5. The molecule has 0 aliphatic heterocycles. The highest BCUT2D eigenvalue weighted by atomic mass is 35.5. The van der Waals surface area contributed by atoms with Crippen LogP contribution in [0.5, 0.6) is 0 Å². The number of esters is 2. The number of halogens is 1. The van der Waals surface area contributed by atoms with Crippen molar-refractivity contribution in [2.45, 2.75) is 19.4 Å². The summed E-state index contributed by atoms with van der Waals surface area (Å²) in [5.74, 6) is -0.792. The largest absolute Gasteiger partial charge is 0.465 e. The number of benzene rings is 3. The van der Waals surface area contributed by atoms with Gasteiger partial charge >= 0.3 is 11.9 Å². The predicted octanol–water partition coefficient (Wildman–Crippen LogP) is 6.52. The number of pyridine rings is 1. The summed E-state index contributed by atoms with van der Waals surface area (Å²) in [5, 5.41) is 1.47. The van der Waals surface area contributed by atoms with E-state index in [1.165, 1.54) is 7.11 Å². The summed E-state index contributed by atoms with van der Waals surface area (Å²) in [6, 6.07) is 22.1. The van der Waals surface area contributed by atoms with Crippen molar-refractivity contribution in [1.29, 1.82) is 0 Å². The first kappa shape index (κ1) is 22.8. The third-order valence-corrected chi connectivity index (χ3v) is 6.35. The number of aromatic nitrogens is 1. The molecule has 0 bridgehead atoms. The number of para-hydroxylation sites is 1. The maximum Gasteiger partial charge on any atom is 0.339 e. The van der Waals surface area contributed by atoms with E-state index >= 15 is 0 Å². The Morgan fingerprint density at radius 2 is 1.69 bits per heavy atom. The molecule has 5 rings (SSSR count). The molecule has 0 fully saturated rings. The Hall–Kier alpha value is -3.96. The number of carbonyl (C=O) groups is 2. The zero-order valence-corrected chi connectivity index (χ0v) is 19.8. The second-order valence-corrected chi connectivity index (χ2v) is 8.75. The van der Waals surface area contributed by atoms with E-state index in [9.17, 15) is 9.59 Å². The average molecular weight is 484 g/mol. The van der Waals surface area contributed by atoms with E-state index in [0.29, 0.717) is 22.6 Å². The molecule has 35 heavy (non-hydrogen) atoms. The van der Waals surface area contributed by atoms with Crippen LogP contribution in [-0.4, -0.2) is 24.0 Å². The molecule has 4 aromatic rings. The molecule has 0 spiro atoms. The van der Waals surface area contributed by atoms with Gasteiger partial charge in [-0.05, 0) is 71.5 Å². The molecule has 0 radical (unpaired) electrons. The summed E-state index contributed by atoms with van der Waals surface area (Å²) in [5.41, 5.74) is 6.42. The van der Waals surface area contributed by atoms with Gasteiger partial charge in [-0.25, -0.2) is 14.6 Å². The van der Waals surface area contributed by atoms with E-state index in [0.717, 1.165) is 45.3 Å². The normalized spacial score (nSPS) is 13.6. The number of carbonyl (C=O) groups excluding carboxylic acids is 2. The van der Waals surface area contributed by atoms with Crippen LogP contribution in [-0.2, 0) is 22.5 Å². The fourth-order valence-electron chi connectivity index (χ4n) is 4.35. The maximum atomic E-state index is 13.4. The Morgan fingerprint density at radius 3 is 2.43 bits per heavy atom. The molecular weight excluding hydrogens is 462 g/mol. The van der Waals surface area contributed by atoms with Crippen molar-refractivity contribution in [3.63, 3.8) is 0 Å². The number of nitrogens with zero attached hydrogens (tertiary/aromatic N) is 1. The van der Waals surface area contributed by atoms with Gasteiger partial charge in [-0.15, -0.1) is 0 Å². The monoisotopic (exact) mass is 483 g/mol. The van der Waals surface area contributed by atoms with Crippen LogP contribution in [0.15, 0.2) is 72.8 Å². The van der Waals surface area contributed by atoms with Crippen molar-refractivity contribution in [3.8, 4) is 0 Å². The van der Waals surface area contributed by atoms with Crippen molar-refractivity contribution in [3.05, 3.63) is 111 Å². The van der Waals surface area contributed by atoms with Crippen molar-refractivity contribution in [2.75, 3.05) is 7.11 Å². The Bertz CT molecular complexity index is 1460. The molecule has 5 nitrogen and oxygen atoms in total. The summed E-state index contributed by atoms with van der Waals surface area (Å²) >= 11 is 6.03. The fraction of sp³-hybridized carbons (Fsp3) is 0.138. The van der Waals surface area contributed by atoms with Gasteiger partial charge in [-0.1, -0.05) is 54.1 Å². The summed E-state index contributed by atoms with van der Waals surface area (Å²) < 4.78 is 10.5. The Labute approximate surface area is 208 Å². The molecule has 6 heteroatoms. The highest BCUT2D eigenvalue weighted by Crippen LogP contribution is 2.38. The van der Waals surface area contributed by atoms with Gasteiger partial charge in [0.05, 0.1) is 29.4 Å². The Balaban J connectivity index is 1.46. The van der Waals surface area contributed by atoms with E-state index in [2.05, 4.69) is 6.08 Å². The van der Waals surface area contributed by atoms with Crippen molar-refractivity contribution >= 4 is 46.1 Å². The zero-order valence-electron chi connectivity index (χ0n) is 19.1. The van der Waals surface area contributed by atoms with Crippen LogP contribution in [0.4, 0.5) is 0 Å². The van der Waals surface area contributed by atoms with Crippen LogP contribution in [0.2, 0.25) is 5.02 Å². The number of ether oxygens (including phenoxy) is 2. The number of rotatable bonds is 5. The first-order chi connectivity index (χ1) is 17.0. The van der Waals surface area contributed by atoms with Crippen molar-refractivity contribution < 1.29 is 19.1 Å². The van der Waals surface area contributed by atoms with Gasteiger partial charge < -0.3 is 9.47 Å². The minimum atomic E-state index is -0.408. The van der Waals surface area contributed by atoms with E-state index in [1.54, 1.807) is 24.3 Å². The second kappa shape index (κ2) is 9.72. The minimum Gasteiger partial charge on any atom is -0.465 e. The molecule has 0 atom stereocenters. The minimum absolute atomic E-state index is 0.0964. The number of fused-ring (bicyclic) bond motifs is 2. The lowest BCUT2D eigenvalue weighted by Gasteiger charge is -2.12. The maximum absolute atomic E-state index is 13.4. The van der Waals surface area contributed by atoms with Crippen LogP contribution in [0.3, 0.4) is 0 Å². The summed E-state index contributed by atoms with van der Waals surface area (Å²) in [6.45, 7) is 0.0964. The molecule has 1 aliphatic rings. The molecule has 0 unspecified atom stereocenters.